The summed E-state index contributed by atoms with van der Waals surface area (Å²) >= 11 is 0. The predicted octanol–water partition coefficient (Wildman–Crippen LogP) is 6.02. The maximum Gasteiger partial charge on any atom is 0.178 e. The number of rotatable bonds is 6. The summed E-state index contributed by atoms with van der Waals surface area (Å²) in [7, 11) is 2.01. The molecule has 2 saturated carbocycles. The summed E-state index contributed by atoms with van der Waals surface area (Å²) in [6.45, 7) is 15.9. The van der Waals surface area contributed by atoms with Crippen molar-refractivity contribution in [2.45, 2.75) is 72.6 Å². The molecule has 32 heavy (non-hydrogen) atoms. The van der Waals surface area contributed by atoms with Gasteiger partial charge in [-0.1, -0.05) is 51.0 Å². The van der Waals surface area contributed by atoms with Crippen LogP contribution < -0.4 is 15.3 Å². The van der Waals surface area contributed by atoms with Gasteiger partial charge in [-0.2, -0.15) is 0 Å². The molecule has 0 aromatic carbocycles. The van der Waals surface area contributed by atoms with Crippen molar-refractivity contribution in [3.8, 4) is 0 Å². The molecule has 0 amide bonds. The Kier molecular flexibility index (Phi) is 6.27. The molecule has 3 aliphatic rings. The van der Waals surface area contributed by atoms with Crippen LogP contribution in [-0.4, -0.2) is 35.4 Å². The summed E-state index contributed by atoms with van der Waals surface area (Å²) in [5.41, 5.74) is 6.84. The molecule has 0 unspecified atom stereocenters. The van der Waals surface area contributed by atoms with Crippen LogP contribution in [0.1, 0.15) is 72.6 Å². The van der Waals surface area contributed by atoms with Crippen molar-refractivity contribution in [2.24, 2.45) is 22.7 Å². The summed E-state index contributed by atoms with van der Waals surface area (Å²) in [6, 6.07) is 0. The third-order valence-electron chi connectivity index (χ3n) is 8.78. The Morgan fingerprint density at radius 3 is 2.84 bits per heavy atom. The normalized spacial score (nSPS) is 29.7. The number of fused-ring (bicyclic) bond motifs is 2. The molecule has 1 aromatic rings. The first-order valence-corrected chi connectivity index (χ1v) is 12.2. The summed E-state index contributed by atoms with van der Waals surface area (Å²) in [5.74, 6) is 2.74. The second-order valence-electron chi connectivity index (χ2n) is 11.3. The van der Waals surface area contributed by atoms with E-state index in [4.69, 9.17) is 0 Å². The highest BCUT2D eigenvalue weighted by atomic mass is 16.5. The SMILES string of the molecule is C=C1CC[C@@H]2C(C)(C)CCC[C@@]2(C)[C@@H]1CC/C(C)=C/CN1CN(C)c2ncnc(NO)c21. The predicted molar refractivity (Wildman–Crippen MR) is 132 cm³/mol. The van der Waals surface area contributed by atoms with Crippen molar-refractivity contribution in [1.82, 2.24) is 9.97 Å². The summed E-state index contributed by atoms with van der Waals surface area (Å²) in [5, 5.41) is 9.48. The topological polar surface area (TPSA) is 64.5 Å². The second-order valence-corrected chi connectivity index (χ2v) is 11.3. The Labute approximate surface area is 193 Å². The molecule has 4 rings (SSSR count). The zero-order valence-electron chi connectivity index (χ0n) is 20.6. The average molecular weight is 440 g/mol. The smallest absolute Gasteiger partial charge is 0.178 e. The molecule has 2 N–H and O–H groups in total. The number of aromatic nitrogens is 2. The largest absolute Gasteiger partial charge is 0.344 e. The van der Waals surface area contributed by atoms with Crippen molar-refractivity contribution in [3.05, 3.63) is 30.1 Å². The van der Waals surface area contributed by atoms with E-state index >= 15 is 0 Å². The zero-order valence-corrected chi connectivity index (χ0v) is 20.6. The van der Waals surface area contributed by atoms with Crippen LogP contribution in [0, 0.1) is 22.7 Å². The van der Waals surface area contributed by atoms with Crippen LogP contribution in [0.5, 0.6) is 0 Å². The van der Waals surface area contributed by atoms with E-state index in [1.807, 2.05) is 7.05 Å². The third-order valence-corrected chi connectivity index (χ3v) is 8.78. The van der Waals surface area contributed by atoms with Crippen molar-refractivity contribution in [3.63, 3.8) is 0 Å². The number of allylic oxidation sites excluding steroid dienone is 2. The van der Waals surface area contributed by atoms with Crippen LogP contribution in [0.4, 0.5) is 17.3 Å². The second kappa shape index (κ2) is 8.69. The van der Waals surface area contributed by atoms with Gasteiger partial charge in [0.2, 0.25) is 0 Å². The van der Waals surface area contributed by atoms with Gasteiger partial charge in [0.25, 0.3) is 0 Å². The van der Waals surface area contributed by atoms with Gasteiger partial charge >= 0.3 is 0 Å². The molecule has 6 heteroatoms. The molecule has 2 fully saturated rings. The van der Waals surface area contributed by atoms with E-state index in [-0.39, 0.29) is 0 Å². The highest BCUT2D eigenvalue weighted by Crippen LogP contribution is 2.61. The number of anilines is 3. The fourth-order valence-electron chi connectivity index (χ4n) is 7.11. The molecular formula is C26H41N5O. The summed E-state index contributed by atoms with van der Waals surface area (Å²) < 4.78 is 0. The number of nitrogens with one attached hydrogen (secondary N) is 1. The Morgan fingerprint density at radius 2 is 2.09 bits per heavy atom. The Morgan fingerprint density at radius 1 is 1.31 bits per heavy atom. The minimum absolute atomic E-state index is 0.396. The van der Waals surface area contributed by atoms with Crippen molar-refractivity contribution < 1.29 is 5.21 Å². The number of hydrogen-bond acceptors (Lipinski definition) is 6. The summed E-state index contributed by atoms with van der Waals surface area (Å²) in [6.07, 6.45) is 12.7. The van der Waals surface area contributed by atoms with Gasteiger partial charge in [0, 0.05) is 13.6 Å². The van der Waals surface area contributed by atoms with Crippen molar-refractivity contribution in [2.75, 3.05) is 35.5 Å². The van der Waals surface area contributed by atoms with Crippen LogP contribution in [0.3, 0.4) is 0 Å². The van der Waals surface area contributed by atoms with Crippen LogP contribution in [0.2, 0.25) is 0 Å². The average Bonchev–Trinajstić information content (AvgIpc) is 3.07. The first-order chi connectivity index (χ1) is 15.2. The van der Waals surface area contributed by atoms with Gasteiger partial charge in [0.1, 0.15) is 12.0 Å². The number of nitrogens with zero attached hydrogens (tertiary/aromatic N) is 4. The molecule has 2 heterocycles. The van der Waals surface area contributed by atoms with Crippen molar-refractivity contribution in [1.29, 1.82) is 0 Å². The van der Waals surface area contributed by atoms with Crippen molar-refractivity contribution >= 4 is 17.3 Å². The molecule has 1 aliphatic heterocycles. The van der Waals surface area contributed by atoms with Crippen LogP contribution in [0.15, 0.2) is 30.1 Å². The highest BCUT2D eigenvalue weighted by molar-refractivity contribution is 5.82. The van der Waals surface area contributed by atoms with E-state index in [0.29, 0.717) is 22.6 Å². The molecular weight excluding hydrogens is 398 g/mol. The molecule has 2 aliphatic carbocycles. The molecule has 0 radical (unpaired) electrons. The lowest BCUT2D eigenvalue weighted by atomic mass is 9.47. The Balaban J connectivity index is 1.43. The Bertz CT molecular complexity index is 894. The lowest BCUT2D eigenvalue weighted by Gasteiger charge is -2.58. The zero-order chi connectivity index (χ0) is 23.1. The molecule has 0 saturated heterocycles. The fourth-order valence-corrected chi connectivity index (χ4v) is 7.11. The lowest BCUT2D eigenvalue weighted by molar-refractivity contribution is -0.0539. The molecule has 6 nitrogen and oxygen atoms in total. The molecule has 3 atom stereocenters. The molecule has 0 spiro atoms. The quantitative estimate of drug-likeness (QED) is 0.418. The van der Waals surface area contributed by atoms with E-state index < -0.39 is 0 Å². The molecule has 0 bridgehead atoms. The maximum absolute atomic E-state index is 9.48. The van der Waals surface area contributed by atoms with E-state index in [9.17, 15) is 5.21 Å². The fraction of sp³-hybridized carbons (Fsp3) is 0.692. The molecule has 1 aromatic heterocycles. The van der Waals surface area contributed by atoms with Crippen LogP contribution >= 0.6 is 0 Å². The third kappa shape index (κ3) is 4.02. The maximum atomic E-state index is 9.48. The van der Waals surface area contributed by atoms with Crippen LogP contribution in [-0.2, 0) is 0 Å². The van der Waals surface area contributed by atoms with Gasteiger partial charge < -0.3 is 9.80 Å². The van der Waals surface area contributed by atoms with Gasteiger partial charge in [-0.3, -0.25) is 10.7 Å². The van der Waals surface area contributed by atoms with Gasteiger partial charge in [0.05, 0.1) is 6.67 Å². The van der Waals surface area contributed by atoms with E-state index in [1.54, 1.807) is 0 Å². The van der Waals surface area contributed by atoms with Crippen LogP contribution in [0.25, 0.3) is 0 Å². The van der Waals surface area contributed by atoms with Gasteiger partial charge in [-0.05, 0) is 68.1 Å². The lowest BCUT2D eigenvalue weighted by Crippen LogP contribution is -2.49. The van der Waals surface area contributed by atoms with E-state index in [2.05, 4.69) is 65.6 Å². The van der Waals surface area contributed by atoms with Gasteiger partial charge in [-0.15, -0.1) is 0 Å². The monoisotopic (exact) mass is 439 g/mol. The van der Waals surface area contributed by atoms with Gasteiger partial charge in [0.15, 0.2) is 11.6 Å². The minimum Gasteiger partial charge on any atom is -0.344 e. The minimum atomic E-state index is 0.396. The standard InChI is InChI=1S/C26H41N5O/c1-18(12-15-31-17-30(6)24-22(31)23(29-32)27-16-28-24)8-10-20-19(2)9-11-21-25(3,4)13-7-14-26(20,21)5/h12,16,20-21,32H,2,7-11,13-15,17H2,1,3-6H3,(H,27,28,29)/b18-12+/t20-,21-,26+/m1/s1. The first-order valence-electron chi connectivity index (χ1n) is 12.2. The number of hydrogen-bond donors (Lipinski definition) is 2. The van der Waals surface area contributed by atoms with E-state index in [1.165, 1.54) is 56.0 Å². The first kappa shape index (κ1) is 23.1. The highest BCUT2D eigenvalue weighted by Gasteiger charge is 2.52. The van der Waals surface area contributed by atoms with Gasteiger partial charge in [-0.25, -0.2) is 9.97 Å². The Hall–Kier alpha value is -2.08. The summed E-state index contributed by atoms with van der Waals surface area (Å²) in [4.78, 5) is 12.8. The molecule has 176 valence electrons. The van der Waals surface area contributed by atoms with E-state index in [0.717, 1.165) is 37.1 Å².